The van der Waals surface area contributed by atoms with Gasteiger partial charge in [0.15, 0.2) is 0 Å². The molecule has 1 unspecified atom stereocenters. The standard InChI is InChI=1S/C16H20N2O4.ClH/c1-17-13-6-7-14(17)10-15(9-13)22-16(19)8-11-2-4-12(5-3-11)18(20)21;/h2-5,13-15H,6-10H2,1H3;1H/t13-,14+,15?;. The number of hydrogen-bond donors (Lipinski definition) is 0. The van der Waals surface area contributed by atoms with Crippen molar-refractivity contribution in [3.05, 3.63) is 39.9 Å². The first-order valence-electron chi connectivity index (χ1n) is 7.67. The number of halogens is 1. The van der Waals surface area contributed by atoms with Crippen molar-refractivity contribution in [2.45, 2.75) is 50.3 Å². The molecule has 0 N–H and O–H groups in total. The molecule has 2 heterocycles. The van der Waals surface area contributed by atoms with E-state index in [1.807, 2.05) is 0 Å². The monoisotopic (exact) mass is 340 g/mol. The van der Waals surface area contributed by atoms with Crippen molar-refractivity contribution in [3.8, 4) is 0 Å². The zero-order valence-corrected chi connectivity index (χ0v) is 13.8. The smallest absolute Gasteiger partial charge is 0.310 e. The van der Waals surface area contributed by atoms with E-state index in [-0.39, 0.29) is 36.6 Å². The van der Waals surface area contributed by atoms with Gasteiger partial charge in [0.2, 0.25) is 0 Å². The Morgan fingerprint density at radius 3 is 2.35 bits per heavy atom. The molecule has 3 rings (SSSR count). The Hall–Kier alpha value is -1.66. The van der Waals surface area contributed by atoms with E-state index in [1.54, 1.807) is 12.1 Å². The third-order valence-corrected chi connectivity index (χ3v) is 4.85. The zero-order chi connectivity index (χ0) is 15.7. The summed E-state index contributed by atoms with van der Waals surface area (Å²) in [6.45, 7) is 0. The molecule has 6 nitrogen and oxygen atoms in total. The predicted octanol–water partition coefficient (Wildman–Crippen LogP) is 2.73. The molecule has 0 aromatic heterocycles. The SMILES string of the molecule is CN1[C@@H]2CC[C@H]1CC(OC(=O)Cc1ccc([N+](=O)[O-])cc1)C2.Cl. The molecule has 1 aromatic carbocycles. The molecule has 0 aliphatic carbocycles. The Morgan fingerprint density at radius 2 is 1.83 bits per heavy atom. The van der Waals surface area contributed by atoms with Crippen LogP contribution in [0, 0.1) is 10.1 Å². The number of piperidine rings is 1. The maximum Gasteiger partial charge on any atom is 0.310 e. The molecule has 2 aliphatic heterocycles. The maximum atomic E-state index is 12.0. The molecule has 0 spiro atoms. The minimum Gasteiger partial charge on any atom is -0.462 e. The summed E-state index contributed by atoms with van der Waals surface area (Å²) in [5.74, 6) is -0.247. The fourth-order valence-electron chi connectivity index (χ4n) is 3.59. The topological polar surface area (TPSA) is 72.7 Å². The second kappa shape index (κ2) is 7.27. The van der Waals surface area contributed by atoms with E-state index in [1.165, 1.54) is 25.0 Å². The van der Waals surface area contributed by atoms with Crippen LogP contribution in [-0.4, -0.2) is 41.0 Å². The highest BCUT2D eigenvalue weighted by Gasteiger charge is 2.39. The zero-order valence-electron chi connectivity index (χ0n) is 13.0. The van der Waals surface area contributed by atoms with Gasteiger partial charge in [-0.3, -0.25) is 14.9 Å². The lowest BCUT2D eigenvalue weighted by atomic mass is 10.0. The van der Waals surface area contributed by atoms with E-state index in [0.29, 0.717) is 12.1 Å². The van der Waals surface area contributed by atoms with Crippen molar-refractivity contribution >= 4 is 24.1 Å². The van der Waals surface area contributed by atoms with Crippen LogP contribution in [0.1, 0.15) is 31.2 Å². The fraction of sp³-hybridized carbons (Fsp3) is 0.562. The van der Waals surface area contributed by atoms with E-state index >= 15 is 0 Å². The number of carbonyl (C=O) groups excluding carboxylic acids is 1. The van der Waals surface area contributed by atoms with Gasteiger partial charge in [-0.1, -0.05) is 12.1 Å². The van der Waals surface area contributed by atoms with E-state index in [2.05, 4.69) is 11.9 Å². The van der Waals surface area contributed by atoms with Gasteiger partial charge in [-0.25, -0.2) is 0 Å². The van der Waals surface area contributed by atoms with Crippen molar-refractivity contribution < 1.29 is 14.5 Å². The fourth-order valence-corrected chi connectivity index (χ4v) is 3.59. The van der Waals surface area contributed by atoms with Crippen molar-refractivity contribution in [3.63, 3.8) is 0 Å². The van der Waals surface area contributed by atoms with Crippen LogP contribution in [0.4, 0.5) is 5.69 Å². The van der Waals surface area contributed by atoms with E-state index in [9.17, 15) is 14.9 Å². The summed E-state index contributed by atoms with van der Waals surface area (Å²) < 4.78 is 5.60. The molecule has 1 aromatic rings. The number of ether oxygens (including phenoxy) is 1. The lowest BCUT2D eigenvalue weighted by Crippen LogP contribution is -2.43. The first-order valence-corrected chi connectivity index (χ1v) is 7.67. The highest BCUT2D eigenvalue weighted by Crippen LogP contribution is 2.35. The number of fused-ring (bicyclic) bond motifs is 2. The van der Waals surface area contributed by atoms with Gasteiger partial charge in [0.1, 0.15) is 6.10 Å². The molecular weight excluding hydrogens is 320 g/mol. The molecule has 0 amide bonds. The average Bonchev–Trinajstić information content (AvgIpc) is 2.70. The summed E-state index contributed by atoms with van der Waals surface area (Å²) in [5, 5.41) is 10.6. The number of benzene rings is 1. The third kappa shape index (κ3) is 4.00. The van der Waals surface area contributed by atoms with Crippen molar-refractivity contribution in [2.75, 3.05) is 7.05 Å². The molecule has 3 atom stereocenters. The maximum absolute atomic E-state index is 12.0. The van der Waals surface area contributed by atoms with Crippen LogP contribution in [0.2, 0.25) is 0 Å². The minimum atomic E-state index is -0.448. The van der Waals surface area contributed by atoms with Gasteiger partial charge < -0.3 is 9.64 Å². The number of nitro groups is 1. The molecule has 7 heteroatoms. The van der Waals surface area contributed by atoms with Gasteiger partial charge >= 0.3 is 5.97 Å². The highest BCUT2D eigenvalue weighted by molar-refractivity contribution is 5.85. The number of nitro benzene ring substituents is 1. The second-order valence-electron chi connectivity index (χ2n) is 6.23. The van der Waals surface area contributed by atoms with Gasteiger partial charge in [-0.2, -0.15) is 0 Å². The molecule has 2 aliphatic rings. The van der Waals surface area contributed by atoms with Gasteiger partial charge in [-0.05, 0) is 38.3 Å². The van der Waals surface area contributed by atoms with Gasteiger partial charge in [-0.15, -0.1) is 12.4 Å². The molecule has 0 saturated carbocycles. The predicted molar refractivity (Wildman–Crippen MR) is 87.7 cm³/mol. The summed E-state index contributed by atoms with van der Waals surface area (Å²) in [6, 6.07) is 7.12. The summed E-state index contributed by atoms with van der Waals surface area (Å²) in [7, 11) is 2.15. The Balaban J connectivity index is 0.00000192. The van der Waals surface area contributed by atoms with Crippen LogP contribution < -0.4 is 0 Å². The lowest BCUT2D eigenvalue weighted by molar-refractivity contribution is -0.384. The van der Waals surface area contributed by atoms with Crippen molar-refractivity contribution in [2.24, 2.45) is 0 Å². The van der Waals surface area contributed by atoms with Gasteiger partial charge in [0.05, 0.1) is 11.3 Å². The van der Waals surface area contributed by atoms with E-state index < -0.39 is 4.92 Å². The summed E-state index contributed by atoms with van der Waals surface area (Å²) in [5.41, 5.74) is 0.774. The quantitative estimate of drug-likeness (QED) is 0.478. The molecule has 23 heavy (non-hydrogen) atoms. The van der Waals surface area contributed by atoms with Gasteiger partial charge in [0, 0.05) is 24.2 Å². The molecule has 2 saturated heterocycles. The Bertz CT molecular complexity index is 564. The molecular formula is C16H21ClN2O4. The van der Waals surface area contributed by atoms with Crippen LogP contribution in [-0.2, 0) is 16.0 Å². The van der Waals surface area contributed by atoms with Gasteiger partial charge in [0.25, 0.3) is 5.69 Å². The number of non-ortho nitro benzene ring substituents is 1. The molecule has 2 bridgehead atoms. The number of carbonyl (C=O) groups is 1. The number of hydrogen-bond acceptors (Lipinski definition) is 5. The van der Waals surface area contributed by atoms with Crippen LogP contribution in [0.25, 0.3) is 0 Å². The first kappa shape index (κ1) is 17.7. The lowest BCUT2D eigenvalue weighted by Gasteiger charge is -2.35. The minimum absolute atomic E-state index is 0. The van der Waals surface area contributed by atoms with Crippen molar-refractivity contribution in [1.82, 2.24) is 4.90 Å². The third-order valence-electron chi connectivity index (χ3n) is 4.85. The Morgan fingerprint density at radius 1 is 1.26 bits per heavy atom. The first-order chi connectivity index (χ1) is 10.5. The van der Waals surface area contributed by atoms with E-state index in [4.69, 9.17) is 4.74 Å². The summed E-state index contributed by atoms with van der Waals surface area (Å²) >= 11 is 0. The summed E-state index contributed by atoms with van der Waals surface area (Å²) in [6.07, 6.45) is 4.39. The number of nitrogens with zero attached hydrogens (tertiary/aromatic N) is 2. The molecule has 126 valence electrons. The molecule has 2 fully saturated rings. The second-order valence-corrected chi connectivity index (χ2v) is 6.23. The summed E-state index contributed by atoms with van der Waals surface area (Å²) in [4.78, 5) is 24.6. The Kier molecular flexibility index (Phi) is 5.59. The number of esters is 1. The van der Waals surface area contributed by atoms with Crippen LogP contribution in [0.15, 0.2) is 24.3 Å². The average molecular weight is 341 g/mol. The van der Waals surface area contributed by atoms with Crippen LogP contribution in [0.5, 0.6) is 0 Å². The number of rotatable bonds is 4. The van der Waals surface area contributed by atoms with E-state index in [0.717, 1.165) is 18.4 Å². The Labute approximate surface area is 141 Å². The van der Waals surface area contributed by atoms with Crippen molar-refractivity contribution in [1.29, 1.82) is 0 Å². The normalized spacial score (nSPS) is 26.4. The van der Waals surface area contributed by atoms with Crippen LogP contribution in [0.3, 0.4) is 0 Å². The highest BCUT2D eigenvalue weighted by atomic mass is 35.5. The van der Waals surface area contributed by atoms with Crippen LogP contribution >= 0.6 is 12.4 Å². The molecule has 0 radical (unpaired) electrons. The largest absolute Gasteiger partial charge is 0.462 e.